The van der Waals surface area contributed by atoms with Crippen molar-refractivity contribution in [1.82, 2.24) is 19.5 Å². The van der Waals surface area contributed by atoms with Crippen LogP contribution in [-0.4, -0.2) is 36.3 Å². The first-order chi connectivity index (χ1) is 14.7. The zero-order valence-electron chi connectivity index (χ0n) is 17.3. The third-order valence-electron chi connectivity index (χ3n) is 4.99. The Morgan fingerprint density at radius 1 is 0.968 bits per heavy atom. The van der Waals surface area contributed by atoms with E-state index in [1.165, 1.54) is 24.3 Å². The summed E-state index contributed by atoms with van der Waals surface area (Å²) in [7, 11) is 0. The number of aromatic nitrogens is 4. The van der Waals surface area contributed by atoms with Crippen LogP contribution in [0.3, 0.4) is 0 Å². The molecule has 7 nitrogen and oxygen atoms in total. The fourth-order valence-corrected chi connectivity index (χ4v) is 2.90. The van der Waals surface area contributed by atoms with Gasteiger partial charge in [-0.3, -0.25) is 4.57 Å². The minimum Gasteiger partial charge on any atom is -0.388 e. The summed E-state index contributed by atoms with van der Waals surface area (Å²) in [6.07, 6.45) is 1.57. The first-order valence-electron chi connectivity index (χ1n) is 9.73. The number of halogens is 2. The molecule has 0 aliphatic heterocycles. The molecule has 1 unspecified atom stereocenters. The monoisotopic (exact) mass is 424 g/mol. The number of nitrogens with one attached hydrogen (secondary N) is 2. The second-order valence-corrected chi connectivity index (χ2v) is 7.80. The molecule has 2 heterocycles. The summed E-state index contributed by atoms with van der Waals surface area (Å²) in [5.74, 6) is 0.0196. The van der Waals surface area contributed by atoms with Crippen LogP contribution in [0.25, 0.3) is 16.9 Å². The molecule has 0 radical (unpaired) electrons. The number of aliphatic hydroxyl groups is 1. The molecular formula is C22H22F2N6O. The summed E-state index contributed by atoms with van der Waals surface area (Å²) in [5.41, 5.74) is 1.27. The van der Waals surface area contributed by atoms with E-state index < -0.39 is 5.60 Å². The highest BCUT2D eigenvalue weighted by molar-refractivity contribution is 5.79. The van der Waals surface area contributed by atoms with Crippen molar-refractivity contribution in [2.75, 3.05) is 10.6 Å². The van der Waals surface area contributed by atoms with Gasteiger partial charge in [0.2, 0.25) is 11.9 Å². The maximum absolute atomic E-state index is 13.5. The number of hydrogen-bond donors (Lipinski definition) is 3. The fourth-order valence-electron chi connectivity index (χ4n) is 2.90. The van der Waals surface area contributed by atoms with Gasteiger partial charge in [-0.25, -0.2) is 18.7 Å². The smallest absolute Gasteiger partial charge is 0.225 e. The van der Waals surface area contributed by atoms with Gasteiger partial charge in [-0.2, -0.15) is 4.98 Å². The van der Waals surface area contributed by atoms with Crippen LogP contribution in [0, 0.1) is 11.6 Å². The number of imidazole rings is 1. The first kappa shape index (κ1) is 20.7. The average molecular weight is 424 g/mol. The number of benzene rings is 2. The highest BCUT2D eigenvalue weighted by Crippen LogP contribution is 2.27. The van der Waals surface area contributed by atoms with Gasteiger partial charge in [0.05, 0.1) is 23.5 Å². The van der Waals surface area contributed by atoms with E-state index in [0.717, 1.165) is 0 Å². The molecule has 0 fully saturated rings. The zero-order valence-corrected chi connectivity index (χ0v) is 17.3. The molecule has 1 atom stereocenters. The van der Waals surface area contributed by atoms with E-state index in [2.05, 4.69) is 25.6 Å². The Labute approximate surface area is 177 Å². The van der Waals surface area contributed by atoms with Crippen LogP contribution in [0.4, 0.5) is 26.4 Å². The first-order valence-corrected chi connectivity index (χ1v) is 9.73. The van der Waals surface area contributed by atoms with E-state index in [9.17, 15) is 13.9 Å². The highest BCUT2D eigenvalue weighted by Gasteiger charge is 2.23. The summed E-state index contributed by atoms with van der Waals surface area (Å²) in [6, 6.07) is 11.5. The second kappa shape index (κ2) is 7.92. The van der Waals surface area contributed by atoms with Crippen LogP contribution in [0.2, 0.25) is 0 Å². The number of nitrogens with zero attached hydrogens (tertiary/aromatic N) is 4. The van der Waals surface area contributed by atoms with Crippen LogP contribution in [0.15, 0.2) is 54.7 Å². The van der Waals surface area contributed by atoms with Gasteiger partial charge in [-0.1, -0.05) is 0 Å². The number of fused-ring (bicyclic) bond motifs is 1. The molecule has 0 spiro atoms. The van der Waals surface area contributed by atoms with Crippen molar-refractivity contribution in [1.29, 1.82) is 0 Å². The van der Waals surface area contributed by atoms with Crippen molar-refractivity contribution < 1.29 is 13.9 Å². The molecule has 31 heavy (non-hydrogen) atoms. The summed E-state index contributed by atoms with van der Waals surface area (Å²) in [6.45, 7) is 5.21. The summed E-state index contributed by atoms with van der Waals surface area (Å²) in [5, 5.41) is 16.4. The zero-order chi connectivity index (χ0) is 22.2. The average Bonchev–Trinajstić information content (AvgIpc) is 3.07. The van der Waals surface area contributed by atoms with Crippen molar-refractivity contribution in [2.45, 2.75) is 32.4 Å². The Kier molecular flexibility index (Phi) is 5.28. The lowest BCUT2D eigenvalue weighted by Gasteiger charge is -2.26. The van der Waals surface area contributed by atoms with Crippen LogP contribution in [0.1, 0.15) is 20.8 Å². The standard InChI is InChI=1S/C22H22F2N6O/c1-13(22(2,3)31)26-20-25-12-18-19(29-20)30(17-10-6-15(24)7-11-17)21(28-18)27-16-8-4-14(23)5-9-16/h4-13,31H,1-3H3,(H,27,28)(H,25,26,29). The van der Waals surface area contributed by atoms with Gasteiger partial charge < -0.3 is 15.7 Å². The third-order valence-corrected chi connectivity index (χ3v) is 4.99. The van der Waals surface area contributed by atoms with Crippen molar-refractivity contribution in [3.63, 3.8) is 0 Å². The maximum Gasteiger partial charge on any atom is 0.225 e. The molecule has 0 amide bonds. The largest absolute Gasteiger partial charge is 0.388 e. The minimum absolute atomic E-state index is 0.316. The predicted octanol–water partition coefficient (Wildman–Crippen LogP) is 4.41. The van der Waals surface area contributed by atoms with Crippen LogP contribution in [-0.2, 0) is 0 Å². The van der Waals surface area contributed by atoms with Gasteiger partial charge in [0, 0.05) is 5.69 Å². The molecule has 0 saturated heterocycles. The van der Waals surface area contributed by atoms with Gasteiger partial charge in [-0.15, -0.1) is 0 Å². The van der Waals surface area contributed by atoms with Crippen LogP contribution < -0.4 is 10.6 Å². The Bertz CT molecular complexity index is 1200. The molecule has 0 aliphatic carbocycles. The molecule has 9 heteroatoms. The number of anilines is 3. The lowest BCUT2D eigenvalue weighted by Crippen LogP contribution is -2.39. The molecular weight excluding hydrogens is 402 g/mol. The van der Waals surface area contributed by atoms with E-state index >= 15 is 0 Å². The lowest BCUT2D eigenvalue weighted by atomic mass is 10.0. The molecule has 0 saturated carbocycles. The molecule has 0 aliphatic rings. The second-order valence-electron chi connectivity index (χ2n) is 7.80. The molecule has 160 valence electrons. The third kappa shape index (κ3) is 4.46. The number of rotatable bonds is 6. The Balaban J connectivity index is 1.81. The predicted molar refractivity (Wildman–Crippen MR) is 116 cm³/mol. The topological polar surface area (TPSA) is 87.9 Å². The number of hydrogen-bond acceptors (Lipinski definition) is 6. The Morgan fingerprint density at radius 2 is 1.58 bits per heavy atom. The summed E-state index contributed by atoms with van der Waals surface area (Å²) >= 11 is 0. The van der Waals surface area contributed by atoms with E-state index in [0.29, 0.717) is 34.4 Å². The fraction of sp³-hybridized carbons (Fsp3) is 0.227. The van der Waals surface area contributed by atoms with Crippen molar-refractivity contribution in [2.24, 2.45) is 0 Å². The summed E-state index contributed by atoms with van der Waals surface area (Å²) in [4.78, 5) is 13.4. The van der Waals surface area contributed by atoms with Crippen molar-refractivity contribution >= 4 is 28.7 Å². The Hall–Kier alpha value is -3.59. The van der Waals surface area contributed by atoms with E-state index in [1.54, 1.807) is 48.9 Å². The molecule has 4 rings (SSSR count). The molecule has 3 N–H and O–H groups in total. The lowest BCUT2D eigenvalue weighted by molar-refractivity contribution is 0.0646. The summed E-state index contributed by atoms with van der Waals surface area (Å²) < 4.78 is 28.5. The molecule has 2 aromatic heterocycles. The van der Waals surface area contributed by atoms with E-state index in [-0.39, 0.29) is 17.7 Å². The van der Waals surface area contributed by atoms with Gasteiger partial charge in [0.25, 0.3) is 0 Å². The van der Waals surface area contributed by atoms with Gasteiger partial charge in [0.1, 0.15) is 17.2 Å². The van der Waals surface area contributed by atoms with Gasteiger partial charge >= 0.3 is 0 Å². The van der Waals surface area contributed by atoms with Gasteiger partial charge in [0.15, 0.2) is 5.65 Å². The van der Waals surface area contributed by atoms with Gasteiger partial charge in [-0.05, 0) is 69.3 Å². The molecule has 2 aromatic carbocycles. The highest BCUT2D eigenvalue weighted by atomic mass is 19.1. The molecule has 4 aromatic rings. The quantitative estimate of drug-likeness (QED) is 0.425. The van der Waals surface area contributed by atoms with E-state index in [4.69, 9.17) is 0 Å². The molecule has 0 bridgehead atoms. The van der Waals surface area contributed by atoms with Crippen molar-refractivity contribution in [3.05, 3.63) is 66.4 Å². The van der Waals surface area contributed by atoms with Crippen LogP contribution in [0.5, 0.6) is 0 Å². The normalized spacial score (nSPS) is 12.7. The Morgan fingerprint density at radius 3 is 2.19 bits per heavy atom. The van der Waals surface area contributed by atoms with Crippen molar-refractivity contribution in [3.8, 4) is 5.69 Å². The SMILES string of the molecule is CC(Nc1ncc2nc(Nc3ccc(F)cc3)n(-c3ccc(F)cc3)c2n1)C(C)(C)O. The minimum atomic E-state index is -0.981. The van der Waals surface area contributed by atoms with Crippen LogP contribution >= 0.6 is 0 Å². The van der Waals surface area contributed by atoms with E-state index in [1.807, 2.05) is 6.92 Å². The maximum atomic E-state index is 13.5.